The van der Waals surface area contributed by atoms with Crippen molar-refractivity contribution in [1.29, 1.82) is 5.41 Å². The molecule has 1 atom stereocenters. The SMILES string of the molecule is COC(=N)[C@H](C)Cc1ccccc1. The summed E-state index contributed by atoms with van der Waals surface area (Å²) in [5.74, 6) is 0.510. The van der Waals surface area contributed by atoms with Gasteiger partial charge in [0.05, 0.1) is 7.11 Å². The van der Waals surface area contributed by atoms with Crippen molar-refractivity contribution in [3.8, 4) is 0 Å². The highest BCUT2D eigenvalue weighted by Gasteiger charge is 2.09. The molecule has 1 N–H and O–H groups in total. The van der Waals surface area contributed by atoms with Crippen molar-refractivity contribution in [3.05, 3.63) is 35.9 Å². The molecule has 0 radical (unpaired) electrons. The molecule has 1 aromatic carbocycles. The van der Waals surface area contributed by atoms with Crippen molar-refractivity contribution in [1.82, 2.24) is 0 Å². The van der Waals surface area contributed by atoms with Gasteiger partial charge in [0.25, 0.3) is 0 Å². The fourth-order valence-corrected chi connectivity index (χ4v) is 1.26. The Morgan fingerprint density at radius 3 is 2.54 bits per heavy atom. The molecule has 0 fully saturated rings. The Hall–Kier alpha value is -1.31. The Morgan fingerprint density at radius 1 is 1.38 bits per heavy atom. The van der Waals surface area contributed by atoms with E-state index in [1.54, 1.807) is 7.11 Å². The molecule has 13 heavy (non-hydrogen) atoms. The maximum absolute atomic E-state index is 7.47. The van der Waals surface area contributed by atoms with Gasteiger partial charge >= 0.3 is 0 Å². The van der Waals surface area contributed by atoms with E-state index >= 15 is 0 Å². The summed E-state index contributed by atoms with van der Waals surface area (Å²) in [6.07, 6.45) is 0.869. The summed E-state index contributed by atoms with van der Waals surface area (Å²) in [6, 6.07) is 10.2. The Bertz CT molecular complexity index is 269. The lowest BCUT2D eigenvalue weighted by molar-refractivity contribution is 0.365. The van der Waals surface area contributed by atoms with Crippen molar-refractivity contribution in [3.63, 3.8) is 0 Å². The predicted molar refractivity (Wildman–Crippen MR) is 54.0 cm³/mol. The molecule has 0 spiro atoms. The van der Waals surface area contributed by atoms with Gasteiger partial charge in [0.1, 0.15) is 0 Å². The number of ether oxygens (including phenoxy) is 1. The highest BCUT2D eigenvalue weighted by Crippen LogP contribution is 2.09. The molecule has 0 unspecified atom stereocenters. The summed E-state index contributed by atoms with van der Waals surface area (Å²) in [5.41, 5.74) is 1.25. The van der Waals surface area contributed by atoms with Crippen LogP contribution in [0.1, 0.15) is 12.5 Å². The first-order valence-electron chi connectivity index (χ1n) is 4.40. The largest absolute Gasteiger partial charge is 0.484 e. The van der Waals surface area contributed by atoms with Crippen LogP contribution in [0.4, 0.5) is 0 Å². The van der Waals surface area contributed by atoms with Crippen LogP contribution in [0.2, 0.25) is 0 Å². The standard InChI is InChI=1S/C11H15NO/c1-9(11(12)13-2)8-10-6-4-3-5-7-10/h3-7,9,12H,8H2,1-2H3/t9-/m1/s1. The van der Waals surface area contributed by atoms with Gasteiger partial charge in [-0.2, -0.15) is 0 Å². The van der Waals surface area contributed by atoms with E-state index < -0.39 is 0 Å². The Morgan fingerprint density at radius 2 is 2.00 bits per heavy atom. The number of benzene rings is 1. The van der Waals surface area contributed by atoms with E-state index in [4.69, 9.17) is 10.1 Å². The second-order valence-corrected chi connectivity index (χ2v) is 3.16. The number of nitrogens with one attached hydrogen (secondary N) is 1. The van der Waals surface area contributed by atoms with Gasteiger partial charge in [-0.25, -0.2) is 0 Å². The number of methoxy groups -OCH3 is 1. The summed E-state index contributed by atoms with van der Waals surface area (Å²) in [4.78, 5) is 0. The van der Waals surface area contributed by atoms with Crippen LogP contribution in [0, 0.1) is 11.3 Å². The highest BCUT2D eigenvalue weighted by molar-refractivity contribution is 5.75. The van der Waals surface area contributed by atoms with Gasteiger partial charge in [-0.15, -0.1) is 0 Å². The van der Waals surface area contributed by atoms with E-state index in [-0.39, 0.29) is 5.92 Å². The summed E-state index contributed by atoms with van der Waals surface area (Å²) >= 11 is 0. The fourth-order valence-electron chi connectivity index (χ4n) is 1.26. The second kappa shape index (κ2) is 4.65. The fraction of sp³-hybridized carbons (Fsp3) is 0.364. The molecular formula is C11H15NO. The van der Waals surface area contributed by atoms with Crippen LogP contribution in [0.3, 0.4) is 0 Å². The lowest BCUT2D eigenvalue weighted by Gasteiger charge is -2.11. The van der Waals surface area contributed by atoms with Crippen molar-refractivity contribution < 1.29 is 4.74 Å². The monoisotopic (exact) mass is 177 g/mol. The van der Waals surface area contributed by atoms with Gasteiger partial charge in [-0.3, -0.25) is 5.41 Å². The minimum atomic E-state index is 0.160. The number of hydrogen-bond donors (Lipinski definition) is 1. The molecule has 0 saturated carbocycles. The Labute approximate surface area is 79.1 Å². The van der Waals surface area contributed by atoms with Crippen LogP contribution in [-0.2, 0) is 11.2 Å². The maximum atomic E-state index is 7.47. The molecule has 0 saturated heterocycles. The number of hydrogen-bond acceptors (Lipinski definition) is 2. The normalized spacial score (nSPS) is 12.2. The first-order chi connectivity index (χ1) is 6.24. The van der Waals surface area contributed by atoms with Crippen molar-refractivity contribution in [2.24, 2.45) is 5.92 Å². The van der Waals surface area contributed by atoms with Gasteiger partial charge in [0.2, 0.25) is 0 Å². The topological polar surface area (TPSA) is 33.1 Å². The molecule has 0 aliphatic rings. The smallest absolute Gasteiger partial charge is 0.183 e. The van der Waals surface area contributed by atoms with E-state index in [1.165, 1.54) is 5.56 Å². The molecule has 2 heteroatoms. The van der Waals surface area contributed by atoms with E-state index in [0.29, 0.717) is 5.90 Å². The highest BCUT2D eigenvalue weighted by atomic mass is 16.5. The molecule has 0 aliphatic carbocycles. The number of rotatable bonds is 3. The zero-order valence-corrected chi connectivity index (χ0v) is 8.08. The first kappa shape index (κ1) is 9.78. The minimum Gasteiger partial charge on any atom is -0.484 e. The Kier molecular flexibility index (Phi) is 3.50. The third-order valence-corrected chi connectivity index (χ3v) is 2.05. The van der Waals surface area contributed by atoms with Crippen molar-refractivity contribution in [2.75, 3.05) is 7.11 Å². The van der Waals surface area contributed by atoms with Crippen LogP contribution in [0.5, 0.6) is 0 Å². The molecule has 70 valence electrons. The van der Waals surface area contributed by atoms with Gasteiger partial charge in [0.15, 0.2) is 5.90 Å². The molecule has 0 bridgehead atoms. The van der Waals surface area contributed by atoms with Gasteiger partial charge in [0, 0.05) is 5.92 Å². The molecule has 0 aromatic heterocycles. The molecule has 1 rings (SSSR count). The summed E-state index contributed by atoms with van der Waals surface area (Å²) < 4.78 is 4.87. The summed E-state index contributed by atoms with van der Waals surface area (Å²) in [7, 11) is 1.55. The average Bonchev–Trinajstić information content (AvgIpc) is 2.18. The van der Waals surface area contributed by atoms with Crippen LogP contribution >= 0.6 is 0 Å². The molecular weight excluding hydrogens is 162 g/mol. The summed E-state index contributed by atoms with van der Waals surface area (Å²) in [5, 5.41) is 7.47. The van der Waals surface area contributed by atoms with Crippen LogP contribution in [0.25, 0.3) is 0 Å². The molecule has 1 aromatic rings. The zero-order valence-electron chi connectivity index (χ0n) is 8.08. The van der Waals surface area contributed by atoms with Crippen LogP contribution in [0.15, 0.2) is 30.3 Å². The van der Waals surface area contributed by atoms with E-state index in [1.807, 2.05) is 25.1 Å². The minimum absolute atomic E-state index is 0.160. The van der Waals surface area contributed by atoms with Crippen LogP contribution in [-0.4, -0.2) is 13.0 Å². The van der Waals surface area contributed by atoms with Crippen LogP contribution < -0.4 is 0 Å². The summed E-state index contributed by atoms with van der Waals surface area (Å²) in [6.45, 7) is 2.00. The predicted octanol–water partition coefficient (Wildman–Crippen LogP) is 2.49. The van der Waals surface area contributed by atoms with Gasteiger partial charge < -0.3 is 4.74 Å². The maximum Gasteiger partial charge on any atom is 0.183 e. The van der Waals surface area contributed by atoms with Crippen molar-refractivity contribution in [2.45, 2.75) is 13.3 Å². The van der Waals surface area contributed by atoms with Gasteiger partial charge in [-0.05, 0) is 12.0 Å². The van der Waals surface area contributed by atoms with Crippen molar-refractivity contribution >= 4 is 5.90 Å². The Balaban J connectivity index is 2.55. The zero-order chi connectivity index (χ0) is 9.68. The van der Waals surface area contributed by atoms with E-state index in [0.717, 1.165) is 6.42 Å². The third-order valence-electron chi connectivity index (χ3n) is 2.05. The quantitative estimate of drug-likeness (QED) is 0.558. The first-order valence-corrected chi connectivity index (χ1v) is 4.40. The molecule has 0 aliphatic heterocycles. The second-order valence-electron chi connectivity index (χ2n) is 3.16. The van der Waals surface area contributed by atoms with E-state index in [2.05, 4.69) is 12.1 Å². The lowest BCUT2D eigenvalue weighted by atomic mass is 10.0. The average molecular weight is 177 g/mol. The lowest BCUT2D eigenvalue weighted by Crippen LogP contribution is -2.14. The molecule has 0 amide bonds. The van der Waals surface area contributed by atoms with E-state index in [9.17, 15) is 0 Å². The molecule has 2 nitrogen and oxygen atoms in total. The van der Waals surface area contributed by atoms with Gasteiger partial charge in [-0.1, -0.05) is 37.3 Å². The third kappa shape index (κ3) is 2.90. The molecule has 0 heterocycles.